The normalized spacial score (nSPS) is 13.2. The van der Waals surface area contributed by atoms with E-state index in [2.05, 4.69) is 13.8 Å². The number of ether oxygens (including phenoxy) is 6. The van der Waals surface area contributed by atoms with E-state index in [1.54, 1.807) is 14.2 Å². The Bertz CT molecular complexity index is 1060. The standard InChI is InChI=1S/C31H48N2O7Si/c1-31(2,41(5,6)34)16-15-28(33-22-27-12-8-10-14-30(27)40-25-38-20-18-36-4)23-32-21-26-11-7-9-13-29(26)39-24-37-19-17-35-3/h7-14,21-22,28,34H,15-20,23-25H2,1-6H3/t28-/m0/s1. The third-order valence-corrected chi connectivity index (χ3v) is 10.6. The molecule has 2 aromatic carbocycles. The lowest BCUT2D eigenvalue weighted by atomic mass is 10.0. The average Bonchev–Trinajstić information content (AvgIpc) is 2.94. The van der Waals surface area contributed by atoms with E-state index in [1.807, 2.05) is 74.1 Å². The molecule has 0 spiro atoms. The fraction of sp³-hybridized carbons (Fsp3) is 0.548. The number of hydrogen-bond acceptors (Lipinski definition) is 9. The second-order valence-electron chi connectivity index (χ2n) is 10.8. The molecule has 0 amide bonds. The van der Waals surface area contributed by atoms with Crippen LogP contribution in [-0.4, -0.2) is 92.4 Å². The largest absolute Gasteiger partial charge is 0.467 e. The van der Waals surface area contributed by atoms with Gasteiger partial charge in [0.2, 0.25) is 0 Å². The van der Waals surface area contributed by atoms with Crippen LogP contribution in [0.5, 0.6) is 11.5 Å². The Hall–Kier alpha value is -2.60. The van der Waals surface area contributed by atoms with Gasteiger partial charge in [-0.2, -0.15) is 0 Å². The zero-order chi connectivity index (χ0) is 30.0. The molecule has 0 heterocycles. The molecule has 1 N–H and O–H groups in total. The van der Waals surface area contributed by atoms with Gasteiger partial charge in [-0.05, 0) is 55.2 Å². The van der Waals surface area contributed by atoms with Crippen molar-refractivity contribution in [2.75, 3.05) is 60.8 Å². The summed E-state index contributed by atoms with van der Waals surface area (Å²) in [5, 5.41) is -0.158. The number of hydrogen-bond donors (Lipinski definition) is 1. The van der Waals surface area contributed by atoms with Gasteiger partial charge in [0.25, 0.3) is 0 Å². The molecule has 41 heavy (non-hydrogen) atoms. The Morgan fingerprint density at radius 2 is 1.32 bits per heavy atom. The minimum atomic E-state index is -2.35. The number of benzene rings is 2. The maximum atomic E-state index is 10.8. The molecule has 0 bridgehead atoms. The first-order valence-corrected chi connectivity index (χ1v) is 16.9. The first-order chi connectivity index (χ1) is 19.7. The van der Waals surface area contributed by atoms with Crippen LogP contribution >= 0.6 is 0 Å². The predicted molar refractivity (Wildman–Crippen MR) is 166 cm³/mol. The molecule has 0 aromatic heterocycles. The molecule has 0 unspecified atom stereocenters. The molecule has 228 valence electrons. The van der Waals surface area contributed by atoms with Crippen molar-refractivity contribution in [1.82, 2.24) is 0 Å². The van der Waals surface area contributed by atoms with Crippen LogP contribution in [0.3, 0.4) is 0 Å². The Balaban J connectivity index is 2.13. The van der Waals surface area contributed by atoms with Crippen LogP contribution in [-0.2, 0) is 18.9 Å². The first kappa shape index (κ1) is 34.6. The van der Waals surface area contributed by atoms with Crippen LogP contribution in [0.25, 0.3) is 0 Å². The van der Waals surface area contributed by atoms with Gasteiger partial charge < -0.3 is 33.2 Å². The summed E-state index contributed by atoms with van der Waals surface area (Å²) in [6.45, 7) is 11.0. The van der Waals surface area contributed by atoms with Crippen LogP contribution < -0.4 is 9.47 Å². The quantitative estimate of drug-likeness (QED) is 0.0908. The molecule has 0 saturated heterocycles. The van der Waals surface area contributed by atoms with Crippen LogP contribution in [0.1, 0.15) is 37.8 Å². The first-order valence-electron chi connectivity index (χ1n) is 14.0. The molecular weight excluding hydrogens is 540 g/mol. The number of rotatable bonds is 21. The lowest BCUT2D eigenvalue weighted by Crippen LogP contribution is -2.39. The highest BCUT2D eigenvalue weighted by Crippen LogP contribution is 2.40. The zero-order valence-electron chi connectivity index (χ0n) is 25.5. The molecule has 9 nitrogen and oxygen atoms in total. The smallest absolute Gasteiger partial charge is 0.189 e. The highest BCUT2D eigenvalue weighted by atomic mass is 28.4. The number of para-hydroxylation sites is 2. The van der Waals surface area contributed by atoms with Gasteiger partial charge in [0.1, 0.15) is 11.5 Å². The van der Waals surface area contributed by atoms with Gasteiger partial charge in [0.05, 0.1) is 39.0 Å². The molecule has 2 aromatic rings. The number of nitrogens with zero attached hydrogens (tertiary/aromatic N) is 2. The minimum absolute atomic E-state index is 0.0849. The summed E-state index contributed by atoms with van der Waals surface area (Å²) < 4.78 is 32.5. The van der Waals surface area contributed by atoms with E-state index in [4.69, 9.17) is 38.4 Å². The highest BCUT2D eigenvalue weighted by Gasteiger charge is 2.37. The van der Waals surface area contributed by atoms with Crippen LogP contribution in [0.2, 0.25) is 18.1 Å². The lowest BCUT2D eigenvalue weighted by molar-refractivity contribution is -0.00862. The van der Waals surface area contributed by atoms with Crippen molar-refractivity contribution in [1.29, 1.82) is 0 Å². The van der Waals surface area contributed by atoms with Gasteiger partial charge in [0, 0.05) is 37.8 Å². The van der Waals surface area contributed by atoms with E-state index >= 15 is 0 Å². The van der Waals surface area contributed by atoms with E-state index in [1.165, 1.54) is 0 Å². The van der Waals surface area contributed by atoms with Crippen molar-refractivity contribution < 1.29 is 33.2 Å². The Kier molecular flexibility index (Phi) is 15.8. The fourth-order valence-electron chi connectivity index (χ4n) is 3.55. The fourth-order valence-corrected chi connectivity index (χ4v) is 4.31. The molecule has 0 radical (unpaired) electrons. The van der Waals surface area contributed by atoms with E-state index in [0.717, 1.165) is 24.0 Å². The third kappa shape index (κ3) is 13.3. The molecule has 0 aliphatic rings. The Morgan fingerprint density at radius 1 is 0.805 bits per heavy atom. The van der Waals surface area contributed by atoms with E-state index in [0.29, 0.717) is 44.5 Å². The molecule has 1 atom stereocenters. The summed E-state index contributed by atoms with van der Waals surface area (Å²) in [6, 6.07) is 15.4. The minimum Gasteiger partial charge on any atom is -0.467 e. The second-order valence-corrected chi connectivity index (χ2v) is 15.3. The van der Waals surface area contributed by atoms with Gasteiger partial charge in [-0.1, -0.05) is 38.1 Å². The summed E-state index contributed by atoms with van der Waals surface area (Å²) >= 11 is 0. The summed E-state index contributed by atoms with van der Waals surface area (Å²) in [5.74, 6) is 1.39. The molecule has 2 rings (SSSR count). The van der Waals surface area contributed by atoms with E-state index < -0.39 is 8.32 Å². The van der Waals surface area contributed by atoms with Crippen molar-refractivity contribution in [2.24, 2.45) is 9.98 Å². The molecule has 0 fully saturated rings. The topological polar surface area (TPSA) is 100 Å². The van der Waals surface area contributed by atoms with Crippen molar-refractivity contribution in [3.8, 4) is 11.5 Å². The van der Waals surface area contributed by atoms with Gasteiger partial charge in [-0.3, -0.25) is 9.98 Å². The molecular formula is C31H48N2O7Si. The average molecular weight is 589 g/mol. The van der Waals surface area contributed by atoms with Gasteiger partial charge in [0.15, 0.2) is 21.9 Å². The molecule has 0 aliphatic carbocycles. The lowest BCUT2D eigenvalue weighted by Gasteiger charge is -2.35. The van der Waals surface area contributed by atoms with E-state index in [9.17, 15) is 4.80 Å². The molecule has 10 heteroatoms. The maximum absolute atomic E-state index is 10.8. The van der Waals surface area contributed by atoms with Crippen molar-refractivity contribution in [2.45, 2.75) is 50.9 Å². The third-order valence-electron chi connectivity index (χ3n) is 7.03. The van der Waals surface area contributed by atoms with Crippen LogP contribution in [0.15, 0.2) is 58.5 Å². The summed E-state index contributed by atoms with van der Waals surface area (Å²) in [5.41, 5.74) is 1.72. The maximum Gasteiger partial charge on any atom is 0.189 e. The Labute approximate surface area is 246 Å². The van der Waals surface area contributed by atoms with Crippen molar-refractivity contribution in [3.63, 3.8) is 0 Å². The molecule has 0 saturated carbocycles. The van der Waals surface area contributed by atoms with E-state index in [-0.39, 0.29) is 24.7 Å². The molecule has 0 aliphatic heterocycles. The summed E-state index contributed by atoms with van der Waals surface area (Å²) in [7, 11) is 0.912. The summed E-state index contributed by atoms with van der Waals surface area (Å²) in [4.78, 5) is 20.5. The monoisotopic (exact) mass is 588 g/mol. The van der Waals surface area contributed by atoms with Crippen molar-refractivity contribution in [3.05, 3.63) is 59.7 Å². The van der Waals surface area contributed by atoms with Crippen LogP contribution in [0, 0.1) is 0 Å². The summed E-state index contributed by atoms with van der Waals surface area (Å²) in [6.07, 6.45) is 5.28. The predicted octanol–water partition coefficient (Wildman–Crippen LogP) is 5.35. The highest BCUT2D eigenvalue weighted by molar-refractivity contribution is 6.72. The zero-order valence-corrected chi connectivity index (χ0v) is 26.5. The Morgan fingerprint density at radius 3 is 1.83 bits per heavy atom. The van der Waals surface area contributed by atoms with Gasteiger partial charge in [-0.25, -0.2) is 0 Å². The second kappa shape index (κ2) is 18.8. The number of methoxy groups -OCH3 is 2. The SMILES string of the molecule is COCCOCOc1ccccc1C=NC[C@H](CCC(C)(C)[Si](C)(C)O)N=Cc1ccccc1OCOCCOC. The van der Waals surface area contributed by atoms with Gasteiger partial charge in [-0.15, -0.1) is 0 Å². The number of aliphatic imine (C=N–C) groups is 2. The van der Waals surface area contributed by atoms with Crippen molar-refractivity contribution >= 4 is 20.7 Å². The van der Waals surface area contributed by atoms with Crippen LogP contribution in [0.4, 0.5) is 0 Å². The van der Waals surface area contributed by atoms with Gasteiger partial charge >= 0.3 is 0 Å².